The maximum atomic E-state index is 11.9. The van der Waals surface area contributed by atoms with E-state index in [0.717, 1.165) is 6.42 Å². The SMILES string of the molecule is CCCCS(=O)(=O)N1CCOC(C(N)=S)C1. The van der Waals surface area contributed by atoms with Crippen LogP contribution in [0.15, 0.2) is 0 Å². The molecule has 7 heteroatoms. The number of rotatable bonds is 5. The maximum absolute atomic E-state index is 11.9. The fourth-order valence-electron chi connectivity index (χ4n) is 1.51. The van der Waals surface area contributed by atoms with Crippen molar-refractivity contribution in [3.8, 4) is 0 Å². The summed E-state index contributed by atoms with van der Waals surface area (Å²) in [5, 5.41) is 0. The predicted octanol–water partition coefficient (Wildman–Crippen LogP) is 0.103. The second kappa shape index (κ2) is 5.90. The first kappa shape index (κ1) is 13.8. The minimum Gasteiger partial charge on any atom is -0.391 e. The number of thiocarbonyl (C=S) groups is 1. The zero-order chi connectivity index (χ0) is 12.2. The third kappa shape index (κ3) is 3.65. The van der Waals surface area contributed by atoms with Gasteiger partial charge in [-0.1, -0.05) is 25.6 Å². The summed E-state index contributed by atoms with van der Waals surface area (Å²) >= 11 is 4.81. The van der Waals surface area contributed by atoms with Crippen LogP contribution >= 0.6 is 12.2 Å². The molecule has 1 aliphatic rings. The Balaban J connectivity index is 2.62. The van der Waals surface area contributed by atoms with Gasteiger partial charge in [0.25, 0.3) is 0 Å². The number of morpholine rings is 1. The van der Waals surface area contributed by atoms with Gasteiger partial charge in [0.2, 0.25) is 10.0 Å². The molecular weight excluding hydrogens is 248 g/mol. The standard InChI is InChI=1S/C9H18N2O3S2/c1-2-3-6-16(12,13)11-4-5-14-8(7-11)9(10)15/h8H,2-7H2,1H3,(H2,10,15). The number of nitrogens with zero attached hydrogens (tertiary/aromatic N) is 1. The number of hydrogen-bond acceptors (Lipinski definition) is 4. The molecule has 5 nitrogen and oxygen atoms in total. The van der Waals surface area contributed by atoms with Gasteiger partial charge in [0.15, 0.2) is 0 Å². The Morgan fingerprint density at radius 3 is 2.88 bits per heavy atom. The van der Waals surface area contributed by atoms with Crippen LogP contribution in [0.4, 0.5) is 0 Å². The minimum absolute atomic E-state index is 0.188. The van der Waals surface area contributed by atoms with Crippen LogP contribution < -0.4 is 5.73 Å². The molecule has 1 atom stereocenters. The number of hydrogen-bond donors (Lipinski definition) is 1. The lowest BCUT2D eigenvalue weighted by atomic mass is 10.3. The Morgan fingerprint density at radius 1 is 1.62 bits per heavy atom. The van der Waals surface area contributed by atoms with E-state index in [1.165, 1.54) is 4.31 Å². The van der Waals surface area contributed by atoms with E-state index >= 15 is 0 Å². The second-order valence-corrected chi connectivity index (χ2v) is 6.35. The Morgan fingerprint density at radius 2 is 2.31 bits per heavy atom. The first-order valence-corrected chi connectivity index (χ1v) is 7.38. The lowest BCUT2D eigenvalue weighted by Crippen LogP contribution is -2.50. The van der Waals surface area contributed by atoms with Gasteiger partial charge >= 0.3 is 0 Å². The monoisotopic (exact) mass is 266 g/mol. The first-order chi connectivity index (χ1) is 7.47. The molecule has 0 spiro atoms. The summed E-state index contributed by atoms with van der Waals surface area (Å²) in [7, 11) is -3.17. The summed E-state index contributed by atoms with van der Waals surface area (Å²) in [6.45, 7) is 2.96. The number of sulfonamides is 1. The average Bonchev–Trinajstić information content (AvgIpc) is 2.26. The summed E-state index contributed by atoms with van der Waals surface area (Å²) in [4.78, 5) is 0.218. The Kier molecular flexibility index (Phi) is 5.10. The van der Waals surface area contributed by atoms with Gasteiger partial charge in [0, 0.05) is 13.1 Å². The van der Waals surface area contributed by atoms with Crippen molar-refractivity contribution in [2.75, 3.05) is 25.4 Å². The van der Waals surface area contributed by atoms with Crippen molar-refractivity contribution in [3.63, 3.8) is 0 Å². The average molecular weight is 266 g/mol. The van der Waals surface area contributed by atoms with E-state index in [4.69, 9.17) is 22.7 Å². The molecule has 2 N–H and O–H groups in total. The van der Waals surface area contributed by atoms with E-state index in [0.29, 0.717) is 19.6 Å². The summed E-state index contributed by atoms with van der Waals surface area (Å²) in [5.74, 6) is 0.188. The van der Waals surface area contributed by atoms with E-state index in [1.54, 1.807) is 0 Å². The molecule has 0 aromatic carbocycles. The summed E-state index contributed by atoms with van der Waals surface area (Å²) in [6, 6.07) is 0. The topological polar surface area (TPSA) is 72.6 Å². The largest absolute Gasteiger partial charge is 0.391 e. The molecule has 1 rings (SSSR count). The predicted molar refractivity (Wildman–Crippen MR) is 66.8 cm³/mol. The molecule has 0 bridgehead atoms. The van der Waals surface area contributed by atoms with E-state index in [1.807, 2.05) is 6.92 Å². The summed E-state index contributed by atoms with van der Waals surface area (Å²) in [5.41, 5.74) is 5.46. The molecule has 0 radical (unpaired) electrons. The van der Waals surface area contributed by atoms with Gasteiger partial charge in [-0.15, -0.1) is 0 Å². The third-order valence-electron chi connectivity index (χ3n) is 2.50. The van der Waals surface area contributed by atoms with E-state index in [-0.39, 0.29) is 17.3 Å². The molecule has 0 saturated carbocycles. The van der Waals surface area contributed by atoms with Crippen molar-refractivity contribution < 1.29 is 13.2 Å². The highest BCUT2D eigenvalue weighted by atomic mass is 32.2. The lowest BCUT2D eigenvalue weighted by molar-refractivity contribution is 0.0386. The Hall–Kier alpha value is -0.240. The Labute approximate surface area is 102 Å². The lowest BCUT2D eigenvalue weighted by Gasteiger charge is -2.31. The summed E-state index contributed by atoms with van der Waals surface area (Å²) < 4.78 is 30.5. The fraction of sp³-hybridized carbons (Fsp3) is 0.889. The number of nitrogens with two attached hydrogens (primary N) is 1. The molecule has 16 heavy (non-hydrogen) atoms. The minimum atomic E-state index is -3.17. The van der Waals surface area contributed by atoms with Gasteiger partial charge in [0.1, 0.15) is 11.1 Å². The highest BCUT2D eigenvalue weighted by molar-refractivity contribution is 7.89. The molecule has 1 saturated heterocycles. The molecule has 0 aromatic rings. The van der Waals surface area contributed by atoms with E-state index < -0.39 is 16.1 Å². The second-order valence-electron chi connectivity index (χ2n) is 3.79. The number of ether oxygens (including phenoxy) is 1. The fourth-order valence-corrected chi connectivity index (χ4v) is 3.28. The van der Waals surface area contributed by atoms with Crippen molar-refractivity contribution in [3.05, 3.63) is 0 Å². The van der Waals surface area contributed by atoms with Gasteiger partial charge in [0.05, 0.1) is 12.4 Å². The summed E-state index contributed by atoms with van der Waals surface area (Å²) in [6.07, 6.45) is 1.10. The van der Waals surface area contributed by atoms with Crippen LogP contribution in [0, 0.1) is 0 Å². The van der Waals surface area contributed by atoms with Crippen LogP contribution in [0.25, 0.3) is 0 Å². The van der Waals surface area contributed by atoms with Crippen LogP contribution in [0.5, 0.6) is 0 Å². The highest BCUT2D eigenvalue weighted by Gasteiger charge is 2.30. The zero-order valence-corrected chi connectivity index (χ0v) is 11.0. The zero-order valence-electron chi connectivity index (χ0n) is 9.39. The smallest absolute Gasteiger partial charge is 0.214 e. The quantitative estimate of drug-likeness (QED) is 0.715. The molecule has 94 valence electrons. The van der Waals surface area contributed by atoms with Crippen LogP contribution in [0.1, 0.15) is 19.8 Å². The first-order valence-electron chi connectivity index (χ1n) is 5.36. The van der Waals surface area contributed by atoms with Crippen molar-refractivity contribution >= 4 is 27.2 Å². The highest BCUT2D eigenvalue weighted by Crippen LogP contribution is 2.12. The van der Waals surface area contributed by atoms with Gasteiger partial charge in [-0.25, -0.2) is 8.42 Å². The maximum Gasteiger partial charge on any atom is 0.214 e. The van der Waals surface area contributed by atoms with Crippen LogP contribution in [0.2, 0.25) is 0 Å². The van der Waals surface area contributed by atoms with Crippen molar-refractivity contribution in [1.82, 2.24) is 4.31 Å². The van der Waals surface area contributed by atoms with Crippen LogP contribution in [0.3, 0.4) is 0 Å². The molecule has 1 unspecified atom stereocenters. The molecular formula is C9H18N2O3S2. The number of unbranched alkanes of at least 4 members (excludes halogenated alkanes) is 1. The third-order valence-corrected chi connectivity index (χ3v) is 4.68. The van der Waals surface area contributed by atoms with Gasteiger partial charge in [-0.05, 0) is 6.42 Å². The van der Waals surface area contributed by atoms with Gasteiger partial charge in [-0.3, -0.25) is 0 Å². The molecule has 0 aliphatic carbocycles. The van der Waals surface area contributed by atoms with E-state index in [9.17, 15) is 8.42 Å². The molecule has 1 fully saturated rings. The van der Waals surface area contributed by atoms with E-state index in [2.05, 4.69) is 0 Å². The normalized spacial score (nSPS) is 23.2. The Bertz CT molecular complexity index is 343. The molecule has 1 aliphatic heterocycles. The van der Waals surface area contributed by atoms with Crippen LogP contribution in [-0.4, -0.2) is 49.3 Å². The molecule has 1 heterocycles. The van der Waals surface area contributed by atoms with Gasteiger partial charge in [-0.2, -0.15) is 4.31 Å². The molecule has 0 aromatic heterocycles. The molecule has 0 amide bonds. The van der Waals surface area contributed by atoms with Crippen LogP contribution in [-0.2, 0) is 14.8 Å². The van der Waals surface area contributed by atoms with Crippen molar-refractivity contribution in [2.45, 2.75) is 25.9 Å². The van der Waals surface area contributed by atoms with Crippen molar-refractivity contribution in [1.29, 1.82) is 0 Å². The van der Waals surface area contributed by atoms with Gasteiger partial charge < -0.3 is 10.5 Å². The van der Waals surface area contributed by atoms with Crippen molar-refractivity contribution in [2.24, 2.45) is 5.73 Å².